The number of hydrogen-bond donors (Lipinski definition) is 1. The Hall–Kier alpha value is -2.57. The first-order chi connectivity index (χ1) is 9.33. The third-order valence-corrected chi connectivity index (χ3v) is 3.13. The fraction of sp³-hybridized carbons (Fsp3) is 0.250. The maximum atomic E-state index is 5.64. The van der Waals surface area contributed by atoms with Gasteiger partial charge in [-0.3, -0.25) is 0 Å². The predicted molar refractivity (Wildman–Crippen MR) is 67.9 cm³/mol. The first-order valence-corrected chi connectivity index (χ1v) is 6.03. The van der Waals surface area contributed by atoms with Crippen molar-refractivity contribution < 1.29 is 0 Å². The first kappa shape index (κ1) is 10.4. The summed E-state index contributed by atoms with van der Waals surface area (Å²) in [5.74, 6) is 1.00. The normalized spacial score (nSPS) is 14.9. The zero-order valence-corrected chi connectivity index (χ0v) is 9.98. The summed E-state index contributed by atoms with van der Waals surface area (Å²) in [7, 11) is 0. The van der Waals surface area contributed by atoms with Crippen molar-refractivity contribution in [3.8, 4) is 11.5 Å². The summed E-state index contributed by atoms with van der Waals surface area (Å²) in [4.78, 5) is 20.8. The molecule has 0 aliphatic heterocycles. The van der Waals surface area contributed by atoms with Crippen LogP contribution in [0.3, 0.4) is 0 Å². The lowest BCUT2D eigenvalue weighted by molar-refractivity contribution is 0.762. The van der Waals surface area contributed by atoms with Gasteiger partial charge in [-0.2, -0.15) is 0 Å². The average Bonchev–Trinajstić information content (AvgIpc) is 3.18. The highest BCUT2D eigenvalue weighted by molar-refractivity contribution is 5.75. The summed E-state index contributed by atoms with van der Waals surface area (Å²) >= 11 is 0. The zero-order chi connectivity index (χ0) is 12.8. The van der Waals surface area contributed by atoms with Gasteiger partial charge in [0.05, 0.1) is 6.20 Å². The fourth-order valence-electron chi connectivity index (χ4n) is 2.16. The molecule has 0 unspecified atom stereocenters. The lowest BCUT2D eigenvalue weighted by atomic mass is 10.4. The molecular weight excluding hydrogens is 242 g/mol. The number of nitrogen functional groups attached to an aromatic ring is 1. The number of nitrogens with two attached hydrogens (primary N) is 1. The standard InChI is InChI=1S/C12H10N7/c13-12-15-4-3-8(18-12)11-17-9-5-14-6-16-10(9)19(11)7-1-2-7/h3-5,7H,1-2H2,(H2,13,15,18). The molecule has 3 aromatic rings. The van der Waals surface area contributed by atoms with E-state index < -0.39 is 0 Å². The van der Waals surface area contributed by atoms with E-state index in [9.17, 15) is 0 Å². The van der Waals surface area contributed by atoms with Crippen molar-refractivity contribution in [1.29, 1.82) is 0 Å². The molecule has 4 rings (SSSR count). The van der Waals surface area contributed by atoms with E-state index in [2.05, 4.69) is 35.8 Å². The van der Waals surface area contributed by atoms with Gasteiger partial charge in [-0.15, -0.1) is 0 Å². The highest BCUT2D eigenvalue weighted by Gasteiger charge is 2.29. The van der Waals surface area contributed by atoms with E-state index in [4.69, 9.17) is 5.73 Å². The van der Waals surface area contributed by atoms with Gasteiger partial charge in [-0.05, 0) is 18.9 Å². The molecule has 19 heavy (non-hydrogen) atoms. The molecule has 7 heteroatoms. The number of anilines is 1. The Labute approximate surface area is 108 Å². The molecule has 3 aromatic heterocycles. The number of rotatable bonds is 2. The summed E-state index contributed by atoms with van der Waals surface area (Å²) in [6.45, 7) is 0. The Morgan fingerprint density at radius 1 is 1.32 bits per heavy atom. The number of imidazole rings is 1. The van der Waals surface area contributed by atoms with Crippen molar-refractivity contribution in [1.82, 2.24) is 29.5 Å². The lowest BCUT2D eigenvalue weighted by Gasteiger charge is -2.05. The Bertz CT molecular complexity index is 760. The minimum atomic E-state index is 0.240. The van der Waals surface area contributed by atoms with Crippen LogP contribution in [0.4, 0.5) is 5.95 Å². The number of nitrogens with zero attached hydrogens (tertiary/aromatic N) is 6. The summed E-state index contributed by atoms with van der Waals surface area (Å²) in [6, 6.07) is 2.23. The number of aromatic nitrogens is 6. The second kappa shape index (κ2) is 3.71. The Morgan fingerprint density at radius 2 is 2.21 bits per heavy atom. The quantitative estimate of drug-likeness (QED) is 0.731. The minimum absolute atomic E-state index is 0.240. The van der Waals surface area contributed by atoms with E-state index in [-0.39, 0.29) is 5.95 Å². The van der Waals surface area contributed by atoms with Crippen LogP contribution in [-0.4, -0.2) is 29.5 Å². The molecule has 7 nitrogen and oxygen atoms in total. The average molecular weight is 252 g/mol. The van der Waals surface area contributed by atoms with Crippen molar-refractivity contribution in [3.05, 3.63) is 24.8 Å². The van der Waals surface area contributed by atoms with Crippen LogP contribution < -0.4 is 5.73 Å². The van der Waals surface area contributed by atoms with Crippen LogP contribution in [0.1, 0.15) is 18.9 Å². The van der Waals surface area contributed by atoms with E-state index in [0.717, 1.165) is 29.8 Å². The highest BCUT2D eigenvalue weighted by Crippen LogP contribution is 2.40. The van der Waals surface area contributed by atoms with Crippen LogP contribution in [0.2, 0.25) is 0 Å². The molecule has 0 atom stereocenters. The van der Waals surface area contributed by atoms with Crippen LogP contribution >= 0.6 is 0 Å². The van der Waals surface area contributed by atoms with Crippen LogP contribution in [0.25, 0.3) is 22.7 Å². The predicted octanol–water partition coefficient (Wildman–Crippen LogP) is 1.00. The van der Waals surface area contributed by atoms with Crippen LogP contribution in [0.5, 0.6) is 0 Å². The van der Waals surface area contributed by atoms with Crippen molar-refractivity contribution in [2.75, 3.05) is 5.73 Å². The molecule has 1 saturated carbocycles. The van der Waals surface area contributed by atoms with Crippen molar-refractivity contribution in [2.45, 2.75) is 18.9 Å². The van der Waals surface area contributed by atoms with Crippen LogP contribution in [-0.2, 0) is 0 Å². The largest absolute Gasteiger partial charge is 0.368 e. The molecule has 0 bridgehead atoms. The maximum absolute atomic E-state index is 5.64. The van der Waals surface area contributed by atoms with Gasteiger partial charge in [-0.1, -0.05) is 0 Å². The molecule has 0 amide bonds. The van der Waals surface area contributed by atoms with E-state index in [0.29, 0.717) is 11.7 Å². The van der Waals surface area contributed by atoms with Gasteiger partial charge >= 0.3 is 0 Å². The second-order valence-corrected chi connectivity index (χ2v) is 4.52. The van der Waals surface area contributed by atoms with Crippen molar-refractivity contribution >= 4 is 17.1 Å². The Morgan fingerprint density at radius 3 is 3.00 bits per heavy atom. The Kier molecular flexibility index (Phi) is 2.02. The van der Waals surface area contributed by atoms with Gasteiger partial charge in [0.1, 0.15) is 11.2 Å². The molecule has 0 saturated heterocycles. The van der Waals surface area contributed by atoms with Crippen LogP contribution in [0.15, 0.2) is 18.5 Å². The molecule has 1 radical (unpaired) electrons. The molecule has 1 aliphatic carbocycles. The smallest absolute Gasteiger partial charge is 0.220 e. The third-order valence-electron chi connectivity index (χ3n) is 3.13. The second-order valence-electron chi connectivity index (χ2n) is 4.52. The van der Waals surface area contributed by atoms with E-state index in [1.54, 1.807) is 18.5 Å². The zero-order valence-electron chi connectivity index (χ0n) is 9.98. The monoisotopic (exact) mass is 252 g/mol. The molecule has 3 heterocycles. The minimum Gasteiger partial charge on any atom is -0.368 e. The van der Waals surface area contributed by atoms with Crippen molar-refractivity contribution in [2.24, 2.45) is 0 Å². The van der Waals surface area contributed by atoms with Gasteiger partial charge in [-0.25, -0.2) is 24.9 Å². The maximum Gasteiger partial charge on any atom is 0.220 e. The third kappa shape index (κ3) is 1.62. The van der Waals surface area contributed by atoms with E-state index in [1.165, 1.54) is 0 Å². The van der Waals surface area contributed by atoms with Gasteiger partial charge in [0, 0.05) is 12.2 Å². The first-order valence-electron chi connectivity index (χ1n) is 6.03. The molecular formula is C12H10N7. The SMILES string of the molecule is Nc1nccc(-c2nc3cn[c]nc3n2C2CC2)n1. The van der Waals surface area contributed by atoms with Gasteiger partial charge in [0.15, 0.2) is 17.8 Å². The Balaban J connectivity index is 2.00. The fourth-order valence-corrected chi connectivity index (χ4v) is 2.16. The molecule has 1 aliphatic rings. The lowest BCUT2D eigenvalue weighted by Crippen LogP contribution is -2.02. The molecule has 2 N–H and O–H groups in total. The van der Waals surface area contributed by atoms with Gasteiger partial charge in [0.2, 0.25) is 5.95 Å². The number of fused-ring (bicyclic) bond motifs is 1. The summed E-state index contributed by atoms with van der Waals surface area (Å²) < 4.78 is 2.09. The topological polar surface area (TPSA) is 95.4 Å². The number of hydrogen-bond acceptors (Lipinski definition) is 6. The highest BCUT2D eigenvalue weighted by atomic mass is 15.2. The summed E-state index contributed by atoms with van der Waals surface area (Å²) in [5.41, 5.74) is 7.89. The van der Waals surface area contributed by atoms with Crippen molar-refractivity contribution in [3.63, 3.8) is 0 Å². The van der Waals surface area contributed by atoms with E-state index >= 15 is 0 Å². The molecule has 1 fully saturated rings. The van der Waals surface area contributed by atoms with Gasteiger partial charge < -0.3 is 10.3 Å². The molecule has 0 spiro atoms. The van der Waals surface area contributed by atoms with E-state index in [1.807, 2.05) is 0 Å². The summed E-state index contributed by atoms with van der Waals surface area (Å²) in [5, 5.41) is 0. The van der Waals surface area contributed by atoms with Gasteiger partial charge in [0.25, 0.3) is 0 Å². The molecule has 0 aromatic carbocycles. The molecule has 93 valence electrons. The van der Waals surface area contributed by atoms with Crippen LogP contribution in [0, 0.1) is 6.33 Å². The summed E-state index contributed by atoms with van der Waals surface area (Å²) in [6.07, 6.45) is 8.17.